The van der Waals surface area contributed by atoms with Crippen LogP contribution in [0.25, 0.3) is 0 Å². The van der Waals surface area contributed by atoms with Crippen molar-refractivity contribution in [3.8, 4) is 0 Å². The summed E-state index contributed by atoms with van der Waals surface area (Å²) in [6.07, 6.45) is 2.20. The smallest absolute Gasteiger partial charge is 0.314 e. The Bertz CT molecular complexity index is 344. The van der Waals surface area contributed by atoms with E-state index in [1.165, 1.54) is 7.11 Å². The maximum atomic E-state index is 11.7. The predicted molar refractivity (Wildman–Crippen MR) is 75.3 cm³/mol. The number of carbonyl (C=O) groups is 2. The lowest BCUT2D eigenvalue weighted by Gasteiger charge is -2.27. The molecule has 2 N–H and O–H groups in total. The second-order valence-corrected chi connectivity index (χ2v) is 6.01. The van der Waals surface area contributed by atoms with Crippen LogP contribution in [-0.2, 0) is 14.3 Å². The lowest BCUT2D eigenvalue weighted by molar-refractivity contribution is -0.150. The summed E-state index contributed by atoms with van der Waals surface area (Å²) >= 11 is 0. The van der Waals surface area contributed by atoms with Crippen molar-refractivity contribution in [2.45, 2.75) is 39.7 Å². The first-order chi connectivity index (χ1) is 9.35. The Morgan fingerprint density at radius 1 is 1.35 bits per heavy atom. The number of hydrogen-bond acceptors (Lipinski definition) is 4. The van der Waals surface area contributed by atoms with Gasteiger partial charge in [0.2, 0.25) is 0 Å². The molecule has 0 aromatic heterocycles. The molecule has 0 unspecified atom stereocenters. The van der Waals surface area contributed by atoms with Gasteiger partial charge < -0.3 is 20.1 Å². The van der Waals surface area contributed by atoms with Crippen LogP contribution in [0.2, 0.25) is 0 Å². The van der Waals surface area contributed by atoms with Crippen molar-refractivity contribution in [3.05, 3.63) is 0 Å². The summed E-state index contributed by atoms with van der Waals surface area (Å²) in [5, 5.41) is 5.55. The van der Waals surface area contributed by atoms with Gasteiger partial charge >= 0.3 is 12.0 Å². The van der Waals surface area contributed by atoms with Crippen molar-refractivity contribution >= 4 is 12.0 Å². The summed E-state index contributed by atoms with van der Waals surface area (Å²) in [6, 6.07) is -0.249. The van der Waals surface area contributed by atoms with E-state index in [0.29, 0.717) is 12.5 Å². The number of amides is 2. The third-order valence-electron chi connectivity index (χ3n) is 3.57. The molecule has 0 bridgehead atoms. The molecule has 6 nitrogen and oxygen atoms in total. The maximum Gasteiger partial charge on any atom is 0.314 e. The number of methoxy groups -OCH3 is 1. The molecule has 0 aromatic rings. The van der Waals surface area contributed by atoms with Crippen LogP contribution in [-0.4, -0.2) is 44.9 Å². The van der Waals surface area contributed by atoms with Crippen molar-refractivity contribution in [3.63, 3.8) is 0 Å². The zero-order valence-corrected chi connectivity index (χ0v) is 12.8. The van der Waals surface area contributed by atoms with Crippen LogP contribution in [0, 0.1) is 11.3 Å². The number of hydrogen-bond donors (Lipinski definition) is 2. The van der Waals surface area contributed by atoms with Crippen LogP contribution in [0.4, 0.5) is 4.79 Å². The minimum Gasteiger partial charge on any atom is -0.469 e. The van der Waals surface area contributed by atoms with E-state index in [-0.39, 0.29) is 24.6 Å². The van der Waals surface area contributed by atoms with E-state index in [1.807, 2.05) is 6.92 Å². The van der Waals surface area contributed by atoms with E-state index >= 15 is 0 Å². The van der Waals surface area contributed by atoms with Gasteiger partial charge in [0.15, 0.2) is 0 Å². The number of rotatable bonds is 5. The highest BCUT2D eigenvalue weighted by molar-refractivity contribution is 5.78. The molecule has 2 amide bonds. The summed E-state index contributed by atoms with van der Waals surface area (Å²) in [7, 11) is 1.34. The lowest BCUT2D eigenvalue weighted by atomic mass is 9.94. The fourth-order valence-electron chi connectivity index (χ4n) is 2.23. The van der Waals surface area contributed by atoms with Crippen LogP contribution in [0.3, 0.4) is 0 Å². The number of nitrogens with one attached hydrogen (secondary N) is 2. The average molecular weight is 286 g/mol. The van der Waals surface area contributed by atoms with Crippen molar-refractivity contribution < 1.29 is 19.1 Å². The highest BCUT2D eigenvalue weighted by atomic mass is 16.5. The fourth-order valence-corrected chi connectivity index (χ4v) is 2.23. The Kier molecular flexibility index (Phi) is 6.26. The molecule has 2 atom stereocenters. The zero-order valence-electron chi connectivity index (χ0n) is 12.8. The summed E-state index contributed by atoms with van der Waals surface area (Å²) in [6.45, 7) is 7.15. The number of esters is 1. The third-order valence-corrected chi connectivity index (χ3v) is 3.57. The molecule has 20 heavy (non-hydrogen) atoms. The summed E-state index contributed by atoms with van der Waals surface area (Å²) in [4.78, 5) is 23.2. The maximum absolute atomic E-state index is 11.7. The second-order valence-electron chi connectivity index (χ2n) is 6.01. The molecule has 0 saturated carbocycles. The van der Waals surface area contributed by atoms with E-state index in [0.717, 1.165) is 19.4 Å². The van der Waals surface area contributed by atoms with Gasteiger partial charge in [-0.2, -0.15) is 0 Å². The normalized spacial score (nSPS) is 23.0. The van der Waals surface area contributed by atoms with Crippen LogP contribution in [0.1, 0.15) is 33.6 Å². The molecule has 116 valence electrons. The van der Waals surface area contributed by atoms with Gasteiger partial charge in [-0.3, -0.25) is 4.79 Å². The van der Waals surface area contributed by atoms with Crippen LogP contribution < -0.4 is 10.6 Å². The van der Waals surface area contributed by atoms with Crippen molar-refractivity contribution in [1.29, 1.82) is 0 Å². The largest absolute Gasteiger partial charge is 0.469 e. The van der Waals surface area contributed by atoms with Gasteiger partial charge in [-0.15, -0.1) is 0 Å². The molecule has 6 heteroatoms. The van der Waals surface area contributed by atoms with Gasteiger partial charge in [0.05, 0.1) is 18.6 Å². The van der Waals surface area contributed by atoms with Crippen molar-refractivity contribution in [2.24, 2.45) is 11.3 Å². The molecule has 1 aliphatic rings. The van der Waals surface area contributed by atoms with Gasteiger partial charge in [-0.25, -0.2) is 4.79 Å². The molecule has 0 aromatic carbocycles. The van der Waals surface area contributed by atoms with Crippen LogP contribution in [0.5, 0.6) is 0 Å². The standard InChI is InChI=1S/C14H26N2O4/c1-10-7-11(5-6-20-10)8-15-13(18)16-9-14(2,3)12(17)19-4/h10-11H,5-9H2,1-4H3,(H2,15,16,18)/t10-,11-/m1/s1. The predicted octanol–water partition coefficient (Wildman–Crippen LogP) is 1.30. The molecule has 0 radical (unpaired) electrons. The van der Waals surface area contributed by atoms with Crippen molar-refractivity contribution in [2.75, 3.05) is 26.8 Å². The molecular formula is C14H26N2O4. The molecule has 1 fully saturated rings. The summed E-state index contributed by atoms with van der Waals surface area (Å²) in [5.41, 5.74) is -0.723. The highest BCUT2D eigenvalue weighted by Crippen LogP contribution is 2.19. The molecule has 0 spiro atoms. The second kappa shape index (κ2) is 7.47. The Balaban J connectivity index is 2.25. The van der Waals surface area contributed by atoms with Gasteiger partial charge in [0.1, 0.15) is 0 Å². The third kappa shape index (κ3) is 5.36. The SMILES string of the molecule is COC(=O)C(C)(C)CNC(=O)NC[C@@H]1CCO[C@H](C)C1. The van der Waals surface area contributed by atoms with E-state index in [9.17, 15) is 9.59 Å². The Morgan fingerprint density at radius 2 is 2.05 bits per heavy atom. The molecule has 1 saturated heterocycles. The molecule has 1 heterocycles. The van der Waals surface area contributed by atoms with Crippen molar-refractivity contribution in [1.82, 2.24) is 10.6 Å². The average Bonchev–Trinajstić information content (AvgIpc) is 2.42. The number of carbonyl (C=O) groups excluding carboxylic acids is 2. The Labute approximate surface area is 120 Å². The zero-order chi connectivity index (χ0) is 15.2. The first-order valence-corrected chi connectivity index (χ1v) is 7.07. The minimum atomic E-state index is -0.723. The summed E-state index contributed by atoms with van der Waals surface area (Å²) < 4.78 is 10.2. The summed E-state index contributed by atoms with van der Waals surface area (Å²) in [5.74, 6) is 0.120. The Hall–Kier alpha value is -1.30. The molecule has 0 aliphatic carbocycles. The van der Waals surface area contributed by atoms with Gasteiger partial charge in [-0.1, -0.05) is 0 Å². The quantitative estimate of drug-likeness (QED) is 0.747. The molecular weight excluding hydrogens is 260 g/mol. The first kappa shape index (κ1) is 16.8. The minimum absolute atomic E-state index is 0.246. The number of ether oxygens (including phenoxy) is 2. The van der Waals surface area contributed by atoms with E-state index < -0.39 is 5.41 Å². The molecule has 1 aliphatic heterocycles. The van der Waals surface area contributed by atoms with E-state index in [2.05, 4.69) is 15.4 Å². The lowest BCUT2D eigenvalue weighted by Crippen LogP contribution is -2.45. The monoisotopic (exact) mass is 286 g/mol. The molecule has 1 rings (SSSR count). The van der Waals surface area contributed by atoms with Gasteiger partial charge in [0.25, 0.3) is 0 Å². The topological polar surface area (TPSA) is 76.7 Å². The number of urea groups is 1. The van der Waals surface area contributed by atoms with Crippen LogP contribution in [0.15, 0.2) is 0 Å². The highest BCUT2D eigenvalue weighted by Gasteiger charge is 2.29. The van der Waals surface area contributed by atoms with Crippen LogP contribution >= 0.6 is 0 Å². The Morgan fingerprint density at radius 3 is 2.65 bits per heavy atom. The fraction of sp³-hybridized carbons (Fsp3) is 0.857. The van der Waals surface area contributed by atoms with Gasteiger partial charge in [0, 0.05) is 19.7 Å². The first-order valence-electron chi connectivity index (χ1n) is 7.07. The van der Waals surface area contributed by atoms with Gasteiger partial charge in [-0.05, 0) is 39.5 Å². The van der Waals surface area contributed by atoms with E-state index in [1.54, 1.807) is 13.8 Å². The van der Waals surface area contributed by atoms with E-state index in [4.69, 9.17) is 4.74 Å².